The third-order valence-electron chi connectivity index (χ3n) is 2.32. The highest BCUT2D eigenvalue weighted by molar-refractivity contribution is 7.92. The number of pyridine rings is 1. The molecule has 0 saturated carbocycles. The number of sulfone groups is 1. The van der Waals surface area contributed by atoms with Crippen molar-refractivity contribution in [3.8, 4) is 0 Å². The Morgan fingerprint density at radius 1 is 1.29 bits per heavy atom. The van der Waals surface area contributed by atoms with E-state index in [1.807, 2.05) is 0 Å². The molecule has 2 N–H and O–H groups in total. The van der Waals surface area contributed by atoms with Crippen molar-refractivity contribution in [1.82, 2.24) is 4.98 Å². The largest absolute Gasteiger partial charge is 0.325 e. The summed E-state index contributed by atoms with van der Waals surface area (Å²) in [6.45, 7) is 0.246. The van der Waals surface area contributed by atoms with E-state index in [4.69, 9.17) is 5.73 Å². The van der Waals surface area contributed by atoms with Gasteiger partial charge in [0, 0.05) is 12.7 Å². The Balaban J connectivity index is 2.33. The fraction of sp³-hybridized carbons (Fsp3) is 0.182. The molecule has 2 aromatic rings. The molecule has 0 aliphatic rings. The molecule has 0 fully saturated rings. The van der Waals surface area contributed by atoms with Gasteiger partial charge in [-0.15, -0.1) is 11.3 Å². The molecule has 0 unspecified atom stereocenters. The molecule has 90 valence electrons. The summed E-state index contributed by atoms with van der Waals surface area (Å²) in [6.07, 6.45) is 1.61. The molecule has 0 aromatic carbocycles. The SMILES string of the molecule is NCc1ncccc1CS(=O)(=O)c1cccs1. The predicted octanol–water partition coefficient (Wildman–Crippen LogP) is 1.58. The van der Waals surface area contributed by atoms with Crippen LogP contribution < -0.4 is 5.73 Å². The topological polar surface area (TPSA) is 73.0 Å². The Morgan fingerprint density at radius 3 is 2.76 bits per heavy atom. The maximum absolute atomic E-state index is 12.1. The molecule has 2 heterocycles. The van der Waals surface area contributed by atoms with E-state index in [0.717, 1.165) is 0 Å². The molecule has 0 aliphatic carbocycles. The van der Waals surface area contributed by atoms with Crippen LogP contribution in [0.25, 0.3) is 0 Å². The Kier molecular flexibility index (Phi) is 3.56. The minimum Gasteiger partial charge on any atom is -0.325 e. The molecule has 2 rings (SSSR count). The number of nitrogens with two attached hydrogens (primary N) is 1. The molecule has 0 spiro atoms. The second-order valence-electron chi connectivity index (χ2n) is 3.50. The van der Waals surface area contributed by atoms with Crippen molar-refractivity contribution in [3.05, 3.63) is 47.1 Å². The third kappa shape index (κ3) is 2.71. The molecule has 17 heavy (non-hydrogen) atoms. The number of hydrogen-bond acceptors (Lipinski definition) is 5. The summed E-state index contributed by atoms with van der Waals surface area (Å²) < 4.78 is 24.5. The van der Waals surface area contributed by atoms with E-state index in [1.54, 1.807) is 35.8 Å². The van der Waals surface area contributed by atoms with Gasteiger partial charge in [-0.05, 0) is 23.1 Å². The van der Waals surface area contributed by atoms with Crippen LogP contribution in [-0.4, -0.2) is 13.4 Å². The van der Waals surface area contributed by atoms with Gasteiger partial charge in [0.1, 0.15) is 4.21 Å². The summed E-state index contributed by atoms with van der Waals surface area (Å²) in [5.74, 6) is -0.0477. The highest BCUT2D eigenvalue weighted by atomic mass is 32.2. The van der Waals surface area contributed by atoms with Gasteiger partial charge in [0.05, 0.1) is 11.4 Å². The van der Waals surface area contributed by atoms with Crippen molar-refractivity contribution in [2.75, 3.05) is 0 Å². The lowest BCUT2D eigenvalue weighted by atomic mass is 10.2. The predicted molar refractivity (Wildman–Crippen MR) is 67.3 cm³/mol. The van der Waals surface area contributed by atoms with Crippen molar-refractivity contribution in [3.63, 3.8) is 0 Å². The quantitative estimate of drug-likeness (QED) is 0.913. The van der Waals surface area contributed by atoms with Crippen molar-refractivity contribution in [2.24, 2.45) is 5.73 Å². The number of hydrogen-bond donors (Lipinski definition) is 1. The third-order valence-corrected chi connectivity index (χ3v) is 5.48. The second kappa shape index (κ2) is 4.95. The van der Waals surface area contributed by atoms with Crippen LogP contribution in [0, 0.1) is 0 Å². The van der Waals surface area contributed by atoms with Crippen molar-refractivity contribution >= 4 is 21.2 Å². The number of thiophene rings is 1. The van der Waals surface area contributed by atoms with Crippen LogP contribution in [0.5, 0.6) is 0 Å². The van der Waals surface area contributed by atoms with E-state index in [2.05, 4.69) is 4.98 Å². The summed E-state index contributed by atoms with van der Waals surface area (Å²) in [5, 5.41) is 1.75. The van der Waals surface area contributed by atoms with E-state index < -0.39 is 9.84 Å². The van der Waals surface area contributed by atoms with Crippen molar-refractivity contribution in [1.29, 1.82) is 0 Å². The number of aromatic nitrogens is 1. The van der Waals surface area contributed by atoms with E-state index in [0.29, 0.717) is 15.5 Å². The van der Waals surface area contributed by atoms with Gasteiger partial charge >= 0.3 is 0 Å². The van der Waals surface area contributed by atoms with E-state index in [9.17, 15) is 8.42 Å². The molecule has 0 atom stereocenters. The standard InChI is InChI=1S/C11H12N2O2S2/c12-7-10-9(3-1-5-13-10)8-17(14,15)11-4-2-6-16-11/h1-6H,7-8,12H2. The first kappa shape index (κ1) is 12.2. The van der Waals surface area contributed by atoms with Crippen LogP contribution >= 0.6 is 11.3 Å². The van der Waals surface area contributed by atoms with Crippen LogP contribution in [0.3, 0.4) is 0 Å². The lowest BCUT2D eigenvalue weighted by Gasteiger charge is -2.06. The minimum atomic E-state index is -3.28. The Hall–Kier alpha value is -1.24. The smallest absolute Gasteiger partial charge is 0.191 e. The normalized spacial score (nSPS) is 11.6. The number of rotatable bonds is 4. The molecule has 2 aromatic heterocycles. The Labute approximate surface area is 104 Å². The van der Waals surface area contributed by atoms with E-state index in [-0.39, 0.29) is 12.3 Å². The summed E-state index contributed by atoms with van der Waals surface area (Å²) in [7, 11) is -3.28. The summed E-state index contributed by atoms with van der Waals surface area (Å²) in [6, 6.07) is 6.81. The average molecular weight is 268 g/mol. The molecule has 0 bridgehead atoms. The van der Waals surface area contributed by atoms with Gasteiger partial charge < -0.3 is 5.73 Å². The van der Waals surface area contributed by atoms with Gasteiger partial charge in [0.2, 0.25) is 0 Å². The second-order valence-corrected chi connectivity index (χ2v) is 6.67. The van der Waals surface area contributed by atoms with Gasteiger partial charge in [0.25, 0.3) is 0 Å². The van der Waals surface area contributed by atoms with Crippen LogP contribution in [0.15, 0.2) is 40.1 Å². The Morgan fingerprint density at radius 2 is 2.12 bits per heavy atom. The zero-order valence-electron chi connectivity index (χ0n) is 9.04. The van der Waals surface area contributed by atoms with Crippen LogP contribution in [0.1, 0.15) is 11.3 Å². The average Bonchev–Trinajstić information content (AvgIpc) is 2.83. The molecule has 0 radical (unpaired) electrons. The van der Waals surface area contributed by atoms with Crippen LogP contribution in [-0.2, 0) is 22.1 Å². The summed E-state index contributed by atoms with van der Waals surface area (Å²) in [5.41, 5.74) is 6.84. The van der Waals surface area contributed by atoms with Crippen molar-refractivity contribution in [2.45, 2.75) is 16.5 Å². The zero-order chi connectivity index (χ0) is 12.3. The molecule has 0 amide bonds. The van der Waals surface area contributed by atoms with E-state index in [1.165, 1.54) is 11.3 Å². The molecular formula is C11H12N2O2S2. The van der Waals surface area contributed by atoms with Gasteiger partial charge in [-0.3, -0.25) is 4.98 Å². The molecule has 6 heteroatoms. The number of nitrogens with zero attached hydrogens (tertiary/aromatic N) is 1. The Bertz CT molecular complexity index is 592. The van der Waals surface area contributed by atoms with Gasteiger partial charge in [-0.1, -0.05) is 12.1 Å². The molecule has 4 nitrogen and oxygen atoms in total. The first-order valence-electron chi connectivity index (χ1n) is 5.02. The molecule has 0 aliphatic heterocycles. The maximum Gasteiger partial charge on any atom is 0.191 e. The fourth-order valence-corrected chi connectivity index (χ4v) is 3.98. The van der Waals surface area contributed by atoms with Gasteiger partial charge in [0.15, 0.2) is 9.84 Å². The molecular weight excluding hydrogens is 256 g/mol. The minimum absolute atomic E-state index is 0.0477. The van der Waals surface area contributed by atoms with Crippen LogP contribution in [0.4, 0.5) is 0 Å². The monoisotopic (exact) mass is 268 g/mol. The zero-order valence-corrected chi connectivity index (χ0v) is 10.7. The van der Waals surface area contributed by atoms with Crippen molar-refractivity contribution < 1.29 is 8.42 Å². The van der Waals surface area contributed by atoms with E-state index >= 15 is 0 Å². The fourth-order valence-electron chi connectivity index (χ4n) is 1.50. The van der Waals surface area contributed by atoms with Gasteiger partial charge in [-0.2, -0.15) is 0 Å². The van der Waals surface area contributed by atoms with Crippen LogP contribution in [0.2, 0.25) is 0 Å². The first-order valence-corrected chi connectivity index (χ1v) is 7.56. The maximum atomic E-state index is 12.1. The highest BCUT2D eigenvalue weighted by Crippen LogP contribution is 2.21. The highest BCUT2D eigenvalue weighted by Gasteiger charge is 2.18. The lowest BCUT2D eigenvalue weighted by Crippen LogP contribution is -2.09. The lowest BCUT2D eigenvalue weighted by molar-refractivity contribution is 0.597. The first-order chi connectivity index (χ1) is 8.13. The molecule has 0 saturated heterocycles. The van der Waals surface area contributed by atoms with Gasteiger partial charge in [-0.25, -0.2) is 8.42 Å². The summed E-state index contributed by atoms with van der Waals surface area (Å²) in [4.78, 5) is 4.08. The summed E-state index contributed by atoms with van der Waals surface area (Å²) >= 11 is 1.22.